The highest BCUT2D eigenvalue weighted by Crippen LogP contribution is 2.19. The Hall–Kier alpha value is -4.06. The van der Waals surface area contributed by atoms with E-state index in [9.17, 15) is 9.59 Å². The van der Waals surface area contributed by atoms with Crippen molar-refractivity contribution in [3.05, 3.63) is 96.4 Å². The van der Waals surface area contributed by atoms with Crippen molar-refractivity contribution in [2.45, 2.75) is 6.54 Å². The molecule has 1 aromatic heterocycles. The summed E-state index contributed by atoms with van der Waals surface area (Å²) in [5, 5.41) is 10.6. The standard InChI is InChI=1S/C23H19N3O3/c27-22(21-9-4-12-29-21)25-19-8-3-5-16(13-19)15-24-23(28)26-20-11-10-17-6-1-2-7-18(17)14-20/h1-14H,15H2,(H,25,27)(H2,24,26,28). The predicted octanol–water partition coefficient (Wildman–Crippen LogP) is 5.01. The zero-order valence-electron chi connectivity index (χ0n) is 15.5. The number of rotatable bonds is 5. The molecule has 6 nitrogen and oxygen atoms in total. The largest absolute Gasteiger partial charge is 0.459 e. The number of hydrogen-bond acceptors (Lipinski definition) is 3. The molecule has 0 spiro atoms. The Morgan fingerprint density at radius 2 is 1.59 bits per heavy atom. The van der Waals surface area contributed by atoms with Crippen LogP contribution in [-0.4, -0.2) is 11.9 Å². The topological polar surface area (TPSA) is 83.4 Å². The van der Waals surface area contributed by atoms with Crippen LogP contribution in [0.25, 0.3) is 10.8 Å². The summed E-state index contributed by atoms with van der Waals surface area (Å²) in [7, 11) is 0. The molecule has 4 rings (SSSR count). The Morgan fingerprint density at radius 1 is 0.759 bits per heavy atom. The molecule has 1 heterocycles. The third-order valence-electron chi connectivity index (χ3n) is 4.39. The van der Waals surface area contributed by atoms with Gasteiger partial charge in [-0.25, -0.2) is 4.79 Å². The molecule has 29 heavy (non-hydrogen) atoms. The maximum Gasteiger partial charge on any atom is 0.319 e. The second-order valence-corrected chi connectivity index (χ2v) is 6.50. The fraction of sp³-hybridized carbons (Fsp3) is 0.0435. The fourth-order valence-electron chi connectivity index (χ4n) is 2.98. The Kier molecular flexibility index (Phi) is 5.25. The molecule has 0 atom stereocenters. The van der Waals surface area contributed by atoms with Crippen LogP contribution in [0.4, 0.5) is 16.2 Å². The highest BCUT2D eigenvalue weighted by atomic mass is 16.3. The second kappa shape index (κ2) is 8.31. The van der Waals surface area contributed by atoms with Gasteiger partial charge in [0.2, 0.25) is 0 Å². The maximum atomic E-state index is 12.2. The predicted molar refractivity (Wildman–Crippen MR) is 113 cm³/mol. The van der Waals surface area contributed by atoms with E-state index < -0.39 is 0 Å². The van der Waals surface area contributed by atoms with Gasteiger partial charge in [0, 0.05) is 17.9 Å². The number of hydrogen-bond donors (Lipinski definition) is 3. The van der Waals surface area contributed by atoms with Crippen molar-refractivity contribution in [2.75, 3.05) is 10.6 Å². The van der Waals surface area contributed by atoms with Crippen molar-refractivity contribution in [1.29, 1.82) is 0 Å². The van der Waals surface area contributed by atoms with Gasteiger partial charge in [-0.3, -0.25) is 4.79 Å². The number of anilines is 2. The van der Waals surface area contributed by atoms with Crippen LogP contribution < -0.4 is 16.0 Å². The van der Waals surface area contributed by atoms with Crippen LogP contribution in [0.1, 0.15) is 16.1 Å². The molecule has 0 bridgehead atoms. The van der Waals surface area contributed by atoms with Crippen molar-refractivity contribution < 1.29 is 14.0 Å². The van der Waals surface area contributed by atoms with Crippen molar-refractivity contribution in [2.24, 2.45) is 0 Å². The van der Waals surface area contributed by atoms with Gasteiger partial charge < -0.3 is 20.4 Å². The average Bonchev–Trinajstić information content (AvgIpc) is 3.28. The van der Waals surface area contributed by atoms with Gasteiger partial charge in [-0.2, -0.15) is 0 Å². The van der Waals surface area contributed by atoms with E-state index in [0.29, 0.717) is 12.2 Å². The van der Waals surface area contributed by atoms with Gasteiger partial charge in [0.25, 0.3) is 5.91 Å². The highest BCUT2D eigenvalue weighted by molar-refractivity contribution is 6.02. The van der Waals surface area contributed by atoms with Gasteiger partial charge in [-0.15, -0.1) is 0 Å². The molecule has 4 aromatic rings. The van der Waals surface area contributed by atoms with Crippen LogP contribution in [0, 0.1) is 0 Å². The summed E-state index contributed by atoms with van der Waals surface area (Å²) in [6, 6.07) is 24.0. The van der Waals surface area contributed by atoms with E-state index in [1.165, 1.54) is 6.26 Å². The van der Waals surface area contributed by atoms with Gasteiger partial charge in [0.1, 0.15) is 0 Å². The van der Waals surface area contributed by atoms with Crippen LogP contribution in [0.3, 0.4) is 0 Å². The summed E-state index contributed by atoms with van der Waals surface area (Å²) in [6.45, 7) is 0.323. The SMILES string of the molecule is O=C(NCc1cccc(NC(=O)c2ccco2)c1)Nc1ccc2ccccc2c1. The molecule has 3 amide bonds. The van der Waals surface area contributed by atoms with E-state index in [0.717, 1.165) is 22.0 Å². The van der Waals surface area contributed by atoms with Gasteiger partial charge in [-0.05, 0) is 52.7 Å². The van der Waals surface area contributed by atoms with Crippen molar-refractivity contribution in [3.63, 3.8) is 0 Å². The van der Waals surface area contributed by atoms with Crippen LogP contribution in [0.2, 0.25) is 0 Å². The Labute approximate surface area is 167 Å². The zero-order chi connectivity index (χ0) is 20.1. The molecule has 3 aromatic carbocycles. The van der Waals surface area contributed by atoms with E-state index in [1.807, 2.05) is 54.6 Å². The van der Waals surface area contributed by atoms with Gasteiger partial charge >= 0.3 is 6.03 Å². The zero-order valence-corrected chi connectivity index (χ0v) is 15.5. The Morgan fingerprint density at radius 3 is 2.41 bits per heavy atom. The van der Waals surface area contributed by atoms with E-state index in [-0.39, 0.29) is 17.7 Å². The first-order chi connectivity index (χ1) is 14.2. The third-order valence-corrected chi connectivity index (χ3v) is 4.39. The summed E-state index contributed by atoms with van der Waals surface area (Å²) in [5.41, 5.74) is 2.21. The number of fused-ring (bicyclic) bond motifs is 1. The van der Waals surface area contributed by atoms with Crippen molar-refractivity contribution in [3.8, 4) is 0 Å². The van der Waals surface area contributed by atoms with Crippen LogP contribution in [0.15, 0.2) is 89.5 Å². The molecule has 0 fully saturated rings. The average molecular weight is 385 g/mol. The van der Waals surface area contributed by atoms with Gasteiger partial charge in [-0.1, -0.05) is 42.5 Å². The summed E-state index contributed by atoms with van der Waals surface area (Å²) in [4.78, 5) is 24.3. The molecule has 6 heteroatoms. The van der Waals surface area contributed by atoms with Gasteiger partial charge in [0.15, 0.2) is 5.76 Å². The number of amides is 3. The maximum absolute atomic E-state index is 12.2. The van der Waals surface area contributed by atoms with Crippen molar-refractivity contribution >= 4 is 34.1 Å². The lowest BCUT2D eigenvalue weighted by Crippen LogP contribution is -2.28. The molecule has 0 aliphatic heterocycles. The Bertz CT molecular complexity index is 1150. The fourth-order valence-corrected chi connectivity index (χ4v) is 2.98. The number of furan rings is 1. The quantitative estimate of drug-likeness (QED) is 0.452. The van der Waals surface area contributed by atoms with Crippen LogP contribution in [0.5, 0.6) is 0 Å². The van der Waals surface area contributed by atoms with E-state index in [4.69, 9.17) is 4.42 Å². The summed E-state index contributed by atoms with van der Waals surface area (Å²) >= 11 is 0. The lowest BCUT2D eigenvalue weighted by molar-refractivity contribution is 0.0996. The minimum atomic E-state index is -0.325. The first-order valence-corrected chi connectivity index (χ1v) is 9.15. The highest BCUT2D eigenvalue weighted by Gasteiger charge is 2.09. The molecule has 0 unspecified atom stereocenters. The molecular weight excluding hydrogens is 366 g/mol. The lowest BCUT2D eigenvalue weighted by Gasteiger charge is -2.10. The number of nitrogens with one attached hydrogen (secondary N) is 3. The Balaban J connectivity index is 1.34. The molecule has 0 aliphatic carbocycles. The first-order valence-electron chi connectivity index (χ1n) is 9.15. The molecule has 0 radical (unpaired) electrons. The number of urea groups is 1. The summed E-state index contributed by atoms with van der Waals surface area (Å²) in [6.07, 6.45) is 1.45. The molecule has 0 aliphatic rings. The summed E-state index contributed by atoms with van der Waals surface area (Å²) in [5.74, 6) is -0.0857. The summed E-state index contributed by atoms with van der Waals surface area (Å²) < 4.78 is 5.08. The third kappa shape index (κ3) is 4.62. The van der Waals surface area contributed by atoms with E-state index in [1.54, 1.807) is 24.3 Å². The van der Waals surface area contributed by atoms with Crippen LogP contribution in [-0.2, 0) is 6.54 Å². The smallest absolute Gasteiger partial charge is 0.319 e. The lowest BCUT2D eigenvalue weighted by atomic mass is 10.1. The van der Waals surface area contributed by atoms with Crippen molar-refractivity contribution in [1.82, 2.24) is 5.32 Å². The minimum absolute atomic E-state index is 0.239. The molecule has 144 valence electrons. The molecule has 3 N–H and O–H groups in total. The normalized spacial score (nSPS) is 10.5. The first kappa shape index (κ1) is 18.3. The number of benzene rings is 3. The van der Waals surface area contributed by atoms with E-state index in [2.05, 4.69) is 16.0 Å². The van der Waals surface area contributed by atoms with E-state index >= 15 is 0 Å². The van der Waals surface area contributed by atoms with Crippen LogP contribution >= 0.6 is 0 Å². The van der Waals surface area contributed by atoms with Gasteiger partial charge in [0.05, 0.1) is 6.26 Å². The number of carbonyl (C=O) groups excluding carboxylic acids is 2. The molecule has 0 saturated carbocycles. The minimum Gasteiger partial charge on any atom is -0.459 e. The number of carbonyl (C=O) groups is 2. The molecule has 0 saturated heterocycles. The molecular formula is C23H19N3O3. The second-order valence-electron chi connectivity index (χ2n) is 6.50. The monoisotopic (exact) mass is 385 g/mol.